The minimum atomic E-state index is -3.15. The van der Waals surface area contributed by atoms with Crippen molar-refractivity contribution >= 4 is 26.6 Å². The molecule has 3 heterocycles. The van der Waals surface area contributed by atoms with Crippen LogP contribution >= 0.6 is 0 Å². The van der Waals surface area contributed by atoms with Crippen LogP contribution in [-0.4, -0.2) is 56.2 Å². The van der Waals surface area contributed by atoms with E-state index in [0.29, 0.717) is 39.0 Å². The van der Waals surface area contributed by atoms with E-state index in [2.05, 4.69) is 9.88 Å². The van der Waals surface area contributed by atoms with Gasteiger partial charge >= 0.3 is 0 Å². The molecule has 0 radical (unpaired) electrons. The lowest BCUT2D eigenvalue weighted by Gasteiger charge is -2.34. The van der Waals surface area contributed by atoms with E-state index in [1.807, 2.05) is 24.3 Å². The van der Waals surface area contributed by atoms with Crippen molar-refractivity contribution in [1.29, 1.82) is 0 Å². The second kappa shape index (κ2) is 7.04. The Bertz CT molecular complexity index is 886. The smallest absolute Gasteiger partial charge is 0.217 e. The van der Waals surface area contributed by atoms with Crippen molar-refractivity contribution < 1.29 is 13.2 Å². The largest absolute Gasteiger partial charge is 0.496 e. The molecule has 0 atom stereocenters. The standard InChI is InChI=1S/C19H25N3O3S/c1-25-18-6-4-5-17-16(18)7-10-20-19(17)21-13-8-15(9-14-21)26(23,24)22-11-2-3-12-22/h4-7,10,15H,2-3,8-9,11-14H2,1H3. The molecule has 6 nitrogen and oxygen atoms in total. The molecule has 1 aromatic carbocycles. The summed E-state index contributed by atoms with van der Waals surface area (Å²) in [6.07, 6.45) is 5.08. The van der Waals surface area contributed by atoms with Gasteiger partial charge in [0.05, 0.1) is 12.4 Å². The van der Waals surface area contributed by atoms with Crippen LogP contribution in [0, 0.1) is 0 Å². The molecule has 2 fully saturated rings. The molecule has 0 saturated carbocycles. The van der Waals surface area contributed by atoms with Gasteiger partial charge in [0.2, 0.25) is 10.0 Å². The summed E-state index contributed by atoms with van der Waals surface area (Å²) in [5, 5.41) is 1.82. The number of sulfonamides is 1. The molecule has 0 aliphatic carbocycles. The number of hydrogen-bond acceptors (Lipinski definition) is 5. The maximum absolute atomic E-state index is 12.8. The van der Waals surface area contributed by atoms with Crippen molar-refractivity contribution in [3.63, 3.8) is 0 Å². The van der Waals surface area contributed by atoms with Crippen LogP contribution in [0.5, 0.6) is 5.75 Å². The van der Waals surface area contributed by atoms with Crippen LogP contribution in [0.1, 0.15) is 25.7 Å². The van der Waals surface area contributed by atoms with Crippen molar-refractivity contribution in [2.75, 3.05) is 38.2 Å². The van der Waals surface area contributed by atoms with Crippen LogP contribution in [-0.2, 0) is 10.0 Å². The van der Waals surface area contributed by atoms with Gasteiger partial charge in [0, 0.05) is 43.1 Å². The van der Waals surface area contributed by atoms with E-state index < -0.39 is 10.0 Å². The number of methoxy groups -OCH3 is 1. The fourth-order valence-corrected chi connectivity index (χ4v) is 6.11. The second-order valence-corrected chi connectivity index (χ2v) is 9.24. The van der Waals surface area contributed by atoms with Gasteiger partial charge in [-0.05, 0) is 37.8 Å². The lowest BCUT2D eigenvalue weighted by atomic mass is 10.1. The summed E-state index contributed by atoms with van der Waals surface area (Å²) in [5.41, 5.74) is 0. The molecule has 2 aliphatic rings. The van der Waals surface area contributed by atoms with Crippen LogP contribution in [0.15, 0.2) is 30.5 Å². The lowest BCUT2D eigenvalue weighted by Crippen LogP contribution is -2.44. The van der Waals surface area contributed by atoms with E-state index in [0.717, 1.165) is 35.2 Å². The quantitative estimate of drug-likeness (QED) is 0.822. The average Bonchev–Trinajstić information content (AvgIpc) is 3.23. The summed E-state index contributed by atoms with van der Waals surface area (Å²) in [4.78, 5) is 6.79. The molecule has 2 saturated heterocycles. The van der Waals surface area contributed by atoms with Gasteiger partial charge in [-0.1, -0.05) is 12.1 Å². The number of fused-ring (bicyclic) bond motifs is 1. The number of anilines is 1. The van der Waals surface area contributed by atoms with Gasteiger partial charge < -0.3 is 9.64 Å². The number of hydrogen-bond donors (Lipinski definition) is 0. The summed E-state index contributed by atoms with van der Waals surface area (Å²) in [6.45, 7) is 2.79. The minimum absolute atomic E-state index is 0.263. The van der Waals surface area contributed by atoms with E-state index in [-0.39, 0.29) is 5.25 Å². The molecule has 26 heavy (non-hydrogen) atoms. The number of piperidine rings is 1. The zero-order chi connectivity index (χ0) is 18.1. The Hall–Kier alpha value is -1.86. The van der Waals surface area contributed by atoms with E-state index in [1.165, 1.54) is 0 Å². The SMILES string of the molecule is COc1cccc2c(N3CCC(S(=O)(=O)N4CCCC4)CC3)nccc12. The van der Waals surface area contributed by atoms with Crippen molar-refractivity contribution in [3.05, 3.63) is 30.5 Å². The average molecular weight is 375 g/mol. The first-order chi connectivity index (χ1) is 12.6. The predicted octanol–water partition coefficient (Wildman–Crippen LogP) is 2.64. The van der Waals surface area contributed by atoms with Gasteiger partial charge in [0.1, 0.15) is 11.6 Å². The molecule has 7 heteroatoms. The van der Waals surface area contributed by atoms with Crippen LogP contribution in [0.4, 0.5) is 5.82 Å². The van der Waals surface area contributed by atoms with Crippen LogP contribution in [0.25, 0.3) is 10.8 Å². The minimum Gasteiger partial charge on any atom is -0.496 e. The van der Waals surface area contributed by atoms with Crippen LogP contribution in [0.2, 0.25) is 0 Å². The molecule has 0 unspecified atom stereocenters. The molecule has 0 amide bonds. The Labute approximate surface area is 154 Å². The van der Waals surface area contributed by atoms with E-state index in [4.69, 9.17) is 4.74 Å². The number of ether oxygens (including phenoxy) is 1. The van der Waals surface area contributed by atoms with E-state index in [1.54, 1.807) is 17.6 Å². The zero-order valence-electron chi connectivity index (χ0n) is 15.1. The number of nitrogens with zero attached hydrogens (tertiary/aromatic N) is 3. The molecule has 0 bridgehead atoms. The fraction of sp³-hybridized carbons (Fsp3) is 0.526. The van der Waals surface area contributed by atoms with Gasteiger partial charge in [-0.15, -0.1) is 0 Å². The highest BCUT2D eigenvalue weighted by Gasteiger charge is 2.36. The molecule has 2 aliphatic heterocycles. The van der Waals surface area contributed by atoms with Gasteiger partial charge in [-0.25, -0.2) is 17.7 Å². The first-order valence-electron chi connectivity index (χ1n) is 9.27. The maximum atomic E-state index is 12.8. The predicted molar refractivity (Wildman–Crippen MR) is 103 cm³/mol. The van der Waals surface area contributed by atoms with Crippen molar-refractivity contribution in [2.45, 2.75) is 30.9 Å². The lowest BCUT2D eigenvalue weighted by molar-refractivity contribution is 0.420. The fourth-order valence-electron chi connectivity index (χ4n) is 4.11. The summed E-state index contributed by atoms with van der Waals surface area (Å²) in [5.74, 6) is 1.75. The monoisotopic (exact) mass is 375 g/mol. The Morgan fingerprint density at radius 1 is 1.04 bits per heavy atom. The Kier molecular flexibility index (Phi) is 4.75. The molecule has 0 spiro atoms. The van der Waals surface area contributed by atoms with Gasteiger partial charge in [0.15, 0.2) is 0 Å². The summed E-state index contributed by atoms with van der Waals surface area (Å²) in [7, 11) is -1.48. The Morgan fingerprint density at radius 2 is 1.77 bits per heavy atom. The topological polar surface area (TPSA) is 62.7 Å². The normalized spacial score (nSPS) is 20.0. The van der Waals surface area contributed by atoms with Gasteiger partial charge in [0.25, 0.3) is 0 Å². The highest BCUT2D eigenvalue weighted by Crippen LogP contribution is 2.33. The molecular formula is C19H25N3O3S. The molecular weight excluding hydrogens is 350 g/mol. The second-order valence-electron chi connectivity index (χ2n) is 7.03. The Balaban J connectivity index is 1.54. The highest BCUT2D eigenvalue weighted by molar-refractivity contribution is 7.89. The Morgan fingerprint density at radius 3 is 2.46 bits per heavy atom. The summed E-state index contributed by atoms with van der Waals surface area (Å²) < 4.78 is 32.8. The third-order valence-electron chi connectivity index (χ3n) is 5.55. The first-order valence-corrected chi connectivity index (χ1v) is 10.8. The molecule has 1 aromatic heterocycles. The van der Waals surface area contributed by atoms with Crippen LogP contribution < -0.4 is 9.64 Å². The van der Waals surface area contributed by atoms with Crippen LogP contribution in [0.3, 0.4) is 0 Å². The molecule has 0 N–H and O–H groups in total. The number of pyridine rings is 1. The maximum Gasteiger partial charge on any atom is 0.217 e. The summed E-state index contributed by atoms with van der Waals surface area (Å²) in [6, 6.07) is 7.92. The third kappa shape index (κ3) is 3.03. The highest BCUT2D eigenvalue weighted by atomic mass is 32.2. The van der Waals surface area contributed by atoms with Crippen molar-refractivity contribution in [2.24, 2.45) is 0 Å². The zero-order valence-corrected chi connectivity index (χ0v) is 15.9. The molecule has 2 aromatic rings. The van der Waals surface area contributed by atoms with Crippen molar-refractivity contribution in [1.82, 2.24) is 9.29 Å². The molecule has 140 valence electrons. The van der Waals surface area contributed by atoms with Crippen molar-refractivity contribution in [3.8, 4) is 5.75 Å². The van der Waals surface area contributed by atoms with E-state index in [9.17, 15) is 8.42 Å². The number of aromatic nitrogens is 1. The number of rotatable bonds is 4. The van der Waals surface area contributed by atoms with Gasteiger partial charge in [-0.2, -0.15) is 0 Å². The van der Waals surface area contributed by atoms with Gasteiger partial charge in [-0.3, -0.25) is 0 Å². The summed E-state index contributed by atoms with van der Waals surface area (Å²) >= 11 is 0. The van der Waals surface area contributed by atoms with E-state index >= 15 is 0 Å². The molecule has 4 rings (SSSR count). The number of benzene rings is 1. The third-order valence-corrected chi connectivity index (χ3v) is 7.95. The first kappa shape index (κ1) is 17.5.